The van der Waals surface area contributed by atoms with Crippen LogP contribution in [-0.2, 0) is 14.6 Å². The fourth-order valence-corrected chi connectivity index (χ4v) is 4.02. The number of methoxy groups -OCH3 is 1. The van der Waals surface area contributed by atoms with Crippen molar-refractivity contribution in [1.82, 2.24) is 0 Å². The number of halogens is 1. The molecule has 1 aliphatic rings. The second kappa shape index (κ2) is 6.70. The third-order valence-corrected chi connectivity index (χ3v) is 5.10. The van der Waals surface area contributed by atoms with Crippen molar-refractivity contribution in [1.29, 1.82) is 0 Å². The molecule has 0 fully saturated rings. The van der Waals surface area contributed by atoms with Crippen molar-refractivity contribution < 1.29 is 22.3 Å². The molecule has 1 aromatic carbocycles. The normalized spacial score (nSPS) is 19.1. The molecule has 0 radical (unpaired) electrons. The van der Waals surface area contributed by atoms with Gasteiger partial charge in [-0.15, -0.1) is 0 Å². The second-order valence-corrected chi connectivity index (χ2v) is 7.73. The standard InChI is InChI=1S/C16H20FNO4S/c1-11(2)18(13-4-5-15(22-3)14(17)9-13)16(19)8-12-6-7-23(20,21)10-12/h4-7,9,11-12H,8,10H2,1-3H3/t12-/m1/s1. The maximum atomic E-state index is 13.9. The molecule has 0 spiro atoms. The lowest BCUT2D eigenvalue weighted by Crippen LogP contribution is -2.38. The molecule has 1 aliphatic heterocycles. The summed E-state index contributed by atoms with van der Waals surface area (Å²) in [6.45, 7) is 3.64. The van der Waals surface area contributed by atoms with E-state index in [1.54, 1.807) is 12.1 Å². The number of anilines is 1. The van der Waals surface area contributed by atoms with E-state index in [2.05, 4.69) is 0 Å². The van der Waals surface area contributed by atoms with Crippen LogP contribution in [-0.4, -0.2) is 33.2 Å². The quantitative estimate of drug-likeness (QED) is 0.825. The van der Waals surface area contributed by atoms with Gasteiger partial charge in [0, 0.05) is 35.5 Å². The third-order valence-electron chi connectivity index (χ3n) is 3.64. The molecular formula is C16H20FNO4S. The minimum Gasteiger partial charge on any atom is -0.494 e. The third kappa shape index (κ3) is 4.10. The first-order valence-corrected chi connectivity index (χ1v) is 9.01. The molecule has 126 valence electrons. The molecule has 1 atom stereocenters. The van der Waals surface area contributed by atoms with Gasteiger partial charge in [-0.2, -0.15) is 0 Å². The van der Waals surface area contributed by atoms with Crippen molar-refractivity contribution in [3.05, 3.63) is 35.5 Å². The number of nitrogens with zero attached hydrogens (tertiary/aromatic N) is 1. The number of hydrogen-bond donors (Lipinski definition) is 0. The zero-order chi connectivity index (χ0) is 17.2. The Kier molecular flexibility index (Phi) is 5.09. The van der Waals surface area contributed by atoms with Crippen LogP contribution in [0.2, 0.25) is 0 Å². The summed E-state index contributed by atoms with van der Waals surface area (Å²) in [7, 11) is -1.82. The molecule has 0 saturated carbocycles. The lowest BCUT2D eigenvalue weighted by atomic mass is 10.1. The van der Waals surface area contributed by atoms with Crippen molar-refractivity contribution in [2.45, 2.75) is 26.3 Å². The van der Waals surface area contributed by atoms with E-state index in [-0.39, 0.29) is 35.8 Å². The molecule has 1 amide bonds. The van der Waals surface area contributed by atoms with Gasteiger partial charge in [-0.05, 0) is 26.0 Å². The van der Waals surface area contributed by atoms with Crippen molar-refractivity contribution in [2.75, 3.05) is 17.8 Å². The number of hydrogen-bond acceptors (Lipinski definition) is 4. The van der Waals surface area contributed by atoms with Crippen molar-refractivity contribution in [2.24, 2.45) is 5.92 Å². The Labute approximate surface area is 135 Å². The van der Waals surface area contributed by atoms with Gasteiger partial charge in [0.05, 0.1) is 12.9 Å². The Hall–Kier alpha value is -1.89. The van der Waals surface area contributed by atoms with Crippen LogP contribution in [0, 0.1) is 11.7 Å². The van der Waals surface area contributed by atoms with Gasteiger partial charge in [0.15, 0.2) is 21.4 Å². The number of carbonyl (C=O) groups is 1. The van der Waals surface area contributed by atoms with Gasteiger partial charge in [-0.3, -0.25) is 4.79 Å². The molecule has 0 bridgehead atoms. The summed E-state index contributed by atoms with van der Waals surface area (Å²) in [5, 5.41) is 1.15. The summed E-state index contributed by atoms with van der Waals surface area (Å²) in [4.78, 5) is 14.0. The van der Waals surface area contributed by atoms with Crippen LogP contribution in [0.5, 0.6) is 5.75 Å². The maximum absolute atomic E-state index is 13.9. The Bertz CT molecular complexity index is 728. The van der Waals surface area contributed by atoms with Crippen LogP contribution in [0.3, 0.4) is 0 Å². The van der Waals surface area contributed by atoms with E-state index in [4.69, 9.17) is 4.74 Å². The number of benzene rings is 1. The molecule has 5 nitrogen and oxygen atoms in total. The lowest BCUT2D eigenvalue weighted by Gasteiger charge is -2.28. The van der Waals surface area contributed by atoms with Crippen LogP contribution >= 0.6 is 0 Å². The zero-order valence-electron chi connectivity index (χ0n) is 13.3. The Balaban J connectivity index is 2.20. The monoisotopic (exact) mass is 341 g/mol. The average molecular weight is 341 g/mol. The van der Waals surface area contributed by atoms with E-state index in [9.17, 15) is 17.6 Å². The minimum atomic E-state index is -3.20. The number of carbonyl (C=O) groups excluding carboxylic acids is 1. The first-order valence-electron chi connectivity index (χ1n) is 7.30. The molecule has 7 heteroatoms. The fraction of sp³-hybridized carbons (Fsp3) is 0.438. The van der Waals surface area contributed by atoms with Gasteiger partial charge in [0.1, 0.15) is 0 Å². The van der Waals surface area contributed by atoms with E-state index in [1.165, 1.54) is 24.1 Å². The van der Waals surface area contributed by atoms with E-state index >= 15 is 0 Å². The van der Waals surface area contributed by atoms with Crippen LogP contribution in [0.25, 0.3) is 0 Å². The molecule has 23 heavy (non-hydrogen) atoms. The molecule has 1 aromatic rings. The number of rotatable bonds is 5. The van der Waals surface area contributed by atoms with E-state index in [1.807, 2.05) is 13.8 Å². The number of ether oxygens (including phenoxy) is 1. The highest BCUT2D eigenvalue weighted by atomic mass is 32.2. The summed E-state index contributed by atoms with van der Waals surface area (Å²) in [5.74, 6) is -1.07. The molecule has 1 heterocycles. The first-order chi connectivity index (χ1) is 10.7. The highest BCUT2D eigenvalue weighted by Crippen LogP contribution is 2.27. The van der Waals surface area contributed by atoms with Gasteiger partial charge in [-0.1, -0.05) is 6.08 Å². The number of amides is 1. The van der Waals surface area contributed by atoms with Crippen LogP contribution in [0.4, 0.5) is 10.1 Å². The average Bonchev–Trinajstić information content (AvgIpc) is 2.77. The smallest absolute Gasteiger partial charge is 0.227 e. The molecular weight excluding hydrogens is 321 g/mol. The maximum Gasteiger partial charge on any atom is 0.227 e. The summed E-state index contributed by atoms with van der Waals surface area (Å²) in [6, 6.07) is 4.14. The van der Waals surface area contributed by atoms with Gasteiger partial charge in [0.25, 0.3) is 0 Å². The van der Waals surface area contributed by atoms with E-state index in [0.29, 0.717) is 5.69 Å². The Morgan fingerprint density at radius 3 is 2.61 bits per heavy atom. The molecule has 0 unspecified atom stereocenters. The number of sulfone groups is 1. The Morgan fingerprint density at radius 2 is 2.13 bits per heavy atom. The molecule has 0 N–H and O–H groups in total. The largest absolute Gasteiger partial charge is 0.494 e. The van der Waals surface area contributed by atoms with Crippen molar-refractivity contribution in [3.8, 4) is 5.75 Å². The van der Waals surface area contributed by atoms with Gasteiger partial charge < -0.3 is 9.64 Å². The first kappa shape index (κ1) is 17.5. The van der Waals surface area contributed by atoms with Gasteiger partial charge >= 0.3 is 0 Å². The molecule has 0 aromatic heterocycles. The van der Waals surface area contributed by atoms with Crippen molar-refractivity contribution >= 4 is 21.4 Å². The summed E-state index contributed by atoms with van der Waals surface area (Å²) in [5.41, 5.74) is 0.424. The van der Waals surface area contributed by atoms with E-state index in [0.717, 1.165) is 5.41 Å². The lowest BCUT2D eigenvalue weighted by molar-refractivity contribution is -0.119. The van der Waals surface area contributed by atoms with Crippen LogP contribution in [0.1, 0.15) is 20.3 Å². The number of allylic oxidation sites excluding steroid dienone is 1. The second-order valence-electron chi connectivity index (χ2n) is 5.80. The molecule has 0 saturated heterocycles. The fourth-order valence-electron chi connectivity index (χ4n) is 2.63. The SMILES string of the molecule is COc1ccc(N(C(=O)C[C@H]2C=CS(=O)(=O)C2)C(C)C)cc1F. The topological polar surface area (TPSA) is 63.7 Å². The Morgan fingerprint density at radius 1 is 1.43 bits per heavy atom. The minimum absolute atomic E-state index is 0.0539. The zero-order valence-corrected chi connectivity index (χ0v) is 14.1. The summed E-state index contributed by atoms with van der Waals surface area (Å²) in [6.07, 6.45) is 1.61. The van der Waals surface area contributed by atoms with Crippen LogP contribution < -0.4 is 9.64 Å². The van der Waals surface area contributed by atoms with Gasteiger partial charge in [-0.25, -0.2) is 12.8 Å². The van der Waals surface area contributed by atoms with Crippen LogP contribution in [0.15, 0.2) is 29.7 Å². The summed E-state index contributed by atoms with van der Waals surface area (Å²) >= 11 is 0. The van der Waals surface area contributed by atoms with E-state index < -0.39 is 15.7 Å². The van der Waals surface area contributed by atoms with Crippen molar-refractivity contribution in [3.63, 3.8) is 0 Å². The molecule has 0 aliphatic carbocycles. The molecule has 2 rings (SSSR count). The predicted octanol–water partition coefficient (Wildman–Crippen LogP) is 2.52. The summed E-state index contributed by atoms with van der Waals surface area (Å²) < 4.78 is 41.6. The van der Waals surface area contributed by atoms with Gasteiger partial charge in [0.2, 0.25) is 5.91 Å². The highest BCUT2D eigenvalue weighted by Gasteiger charge is 2.28. The predicted molar refractivity (Wildman–Crippen MR) is 86.6 cm³/mol. The highest BCUT2D eigenvalue weighted by molar-refractivity contribution is 7.94.